The molecule has 0 spiro atoms. The molecule has 4 aromatic heterocycles. The topological polar surface area (TPSA) is 95.2 Å². The Morgan fingerprint density at radius 2 is 1.89 bits per heavy atom. The van der Waals surface area contributed by atoms with Gasteiger partial charge in [-0.15, -0.1) is 0 Å². The van der Waals surface area contributed by atoms with Crippen LogP contribution in [0.4, 0.5) is 0 Å². The molecule has 0 bridgehead atoms. The van der Waals surface area contributed by atoms with E-state index in [0.29, 0.717) is 13.0 Å². The van der Waals surface area contributed by atoms with Gasteiger partial charge >= 0.3 is 0 Å². The molecular weight excluding hydrogens is 462 g/mol. The average Bonchev–Trinajstić information content (AvgIpc) is 3.58. The number of aryl methyl sites for hydroxylation is 1. The number of nitrogens with one attached hydrogen (secondary N) is 1. The van der Waals surface area contributed by atoms with E-state index in [-0.39, 0.29) is 11.6 Å². The average molecular weight is 494 g/mol. The normalized spacial score (nSPS) is 17.6. The highest BCUT2D eigenvalue weighted by molar-refractivity contribution is 5.77. The summed E-state index contributed by atoms with van der Waals surface area (Å²) in [5.41, 5.74) is 7.33. The van der Waals surface area contributed by atoms with Gasteiger partial charge in [-0.1, -0.05) is 30.3 Å². The van der Waals surface area contributed by atoms with Crippen LogP contribution in [0.15, 0.2) is 67.1 Å². The van der Waals surface area contributed by atoms with Gasteiger partial charge in [0, 0.05) is 29.4 Å². The van der Waals surface area contributed by atoms with Gasteiger partial charge in [-0.25, -0.2) is 14.5 Å². The zero-order valence-corrected chi connectivity index (χ0v) is 21.6. The van der Waals surface area contributed by atoms with Gasteiger partial charge < -0.3 is 10.1 Å². The van der Waals surface area contributed by atoms with Crippen molar-refractivity contribution in [1.82, 2.24) is 34.4 Å². The van der Waals surface area contributed by atoms with Crippen LogP contribution in [0, 0.1) is 6.92 Å². The number of hydrogen-bond acceptors (Lipinski definition) is 6. The minimum absolute atomic E-state index is 0.114. The van der Waals surface area contributed by atoms with Crippen LogP contribution in [-0.4, -0.2) is 51.2 Å². The second-order valence-electron chi connectivity index (χ2n) is 10.8. The van der Waals surface area contributed by atoms with Crippen molar-refractivity contribution in [3.05, 3.63) is 89.8 Å². The molecular formula is C29H31N7O. The highest BCUT2D eigenvalue weighted by atomic mass is 16.3. The fraction of sp³-hybridized carbons (Fsp3) is 0.310. The maximum atomic E-state index is 11.2. The van der Waals surface area contributed by atoms with Crippen LogP contribution >= 0.6 is 0 Å². The van der Waals surface area contributed by atoms with Crippen molar-refractivity contribution in [2.75, 3.05) is 0 Å². The summed E-state index contributed by atoms with van der Waals surface area (Å²) in [6, 6.07) is 18.2. The quantitative estimate of drug-likeness (QED) is 0.367. The Morgan fingerprint density at radius 1 is 1.05 bits per heavy atom. The minimum atomic E-state index is -0.473. The maximum Gasteiger partial charge on any atom is 0.155 e. The number of rotatable bonds is 5. The third-order valence-corrected chi connectivity index (χ3v) is 7.13. The number of fused-ring (bicyclic) bond motifs is 2. The van der Waals surface area contributed by atoms with Crippen LogP contribution in [0.2, 0.25) is 0 Å². The van der Waals surface area contributed by atoms with E-state index in [1.54, 1.807) is 10.8 Å². The molecule has 8 heteroatoms. The Hall–Kier alpha value is -3.88. The first kappa shape index (κ1) is 23.5. The SMILES string of the molecule is Cc1cccc(-c2[nH]c(CN([C@@H]3c4ccccc4C[C@H]3O)C(C)(C)C)nc2-c2ccc3ncnn3c2)n1. The van der Waals surface area contributed by atoms with Crippen LogP contribution in [0.5, 0.6) is 0 Å². The standard InChI is InChI=1S/C29H31N7O/c1-18-8-7-11-22(32-18)27-26(20-12-13-25-30-17-31-36(25)15-20)33-24(34-27)16-35(29(2,3)4)28-21-10-6-5-9-19(21)14-23(28)37/h5-13,15,17,23,28,37H,14,16H2,1-4H3,(H,33,34)/t23-,28-/m1/s1. The summed E-state index contributed by atoms with van der Waals surface area (Å²) in [7, 11) is 0. The highest BCUT2D eigenvalue weighted by Crippen LogP contribution is 2.40. The fourth-order valence-electron chi connectivity index (χ4n) is 5.37. The lowest BCUT2D eigenvalue weighted by Crippen LogP contribution is -2.46. The number of aromatic amines is 1. The van der Waals surface area contributed by atoms with Crippen molar-refractivity contribution >= 4 is 5.65 Å². The maximum absolute atomic E-state index is 11.2. The van der Waals surface area contributed by atoms with Crippen LogP contribution in [0.3, 0.4) is 0 Å². The first-order valence-corrected chi connectivity index (χ1v) is 12.6. The number of H-pyrrole nitrogens is 1. The Bertz CT molecular complexity index is 1580. The molecule has 0 aliphatic heterocycles. The van der Waals surface area contributed by atoms with E-state index in [0.717, 1.165) is 39.8 Å². The molecule has 0 saturated heterocycles. The first-order valence-electron chi connectivity index (χ1n) is 12.6. The van der Waals surface area contributed by atoms with Gasteiger partial charge in [0.1, 0.15) is 12.2 Å². The first-order chi connectivity index (χ1) is 17.8. The molecule has 0 radical (unpaired) electrons. The lowest BCUT2D eigenvalue weighted by molar-refractivity contribution is -0.000932. The Balaban J connectivity index is 1.45. The molecule has 0 fully saturated rings. The van der Waals surface area contributed by atoms with E-state index >= 15 is 0 Å². The molecule has 8 nitrogen and oxygen atoms in total. The van der Waals surface area contributed by atoms with Crippen molar-refractivity contribution < 1.29 is 5.11 Å². The zero-order chi connectivity index (χ0) is 25.7. The fourth-order valence-corrected chi connectivity index (χ4v) is 5.37. The van der Waals surface area contributed by atoms with Crippen molar-refractivity contribution in [2.24, 2.45) is 0 Å². The van der Waals surface area contributed by atoms with Crippen LogP contribution < -0.4 is 0 Å². The van der Waals surface area contributed by atoms with Crippen molar-refractivity contribution in [2.45, 2.75) is 58.3 Å². The third-order valence-electron chi connectivity index (χ3n) is 7.13. The van der Waals surface area contributed by atoms with E-state index in [2.05, 4.69) is 58.9 Å². The van der Waals surface area contributed by atoms with Crippen molar-refractivity contribution in [1.29, 1.82) is 0 Å². The Morgan fingerprint density at radius 3 is 2.70 bits per heavy atom. The lowest BCUT2D eigenvalue weighted by atomic mass is 9.98. The van der Waals surface area contributed by atoms with Crippen molar-refractivity contribution in [3.8, 4) is 22.6 Å². The van der Waals surface area contributed by atoms with Crippen LogP contribution in [0.25, 0.3) is 28.3 Å². The molecule has 0 saturated carbocycles. The van der Waals surface area contributed by atoms with E-state index in [1.165, 1.54) is 11.1 Å². The van der Waals surface area contributed by atoms with Gasteiger partial charge in [-0.05, 0) is 63.1 Å². The molecule has 1 aliphatic rings. The Labute approximate surface area is 216 Å². The second-order valence-corrected chi connectivity index (χ2v) is 10.8. The van der Waals surface area contributed by atoms with Crippen LogP contribution in [-0.2, 0) is 13.0 Å². The highest BCUT2D eigenvalue weighted by Gasteiger charge is 2.40. The van der Waals surface area contributed by atoms with E-state index < -0.39 is 6.10 Å². The molecule has 0 amide bonds. The molecule has 2 N–H and O–H groups in total. The Kier molecular flexibility index (Phi) is 5.66. The number of aliphatic hydroxyl groups is 1. The number of aliphatic hydroxyl groups excluding tert-OH is 1. The summed E-state index contributed by atoms with van der Waals surface area (Å²) >= 11 is 0. The molecule has 4 heterocycles. The van der Waals surface area contributed by atoms with Gasteiger partial charge in [0.05, 0.1) is 35.8 Å². The number of aromatic nitrogens is 6. The predicted molar refractivity (Wildman–Crippen MR) is 143 cm³/mol. The third kappa shape index (κ3) is 4.32. The molecule has 188 valence electrons. The monoisotopic (exact) mass is 493 g/mol. The number of pyridine rings is 2. The van der Waals surface area contributed by atoms with Gasteiger partial charge in [-0.3, -0.25) is 9.88 Å². The lowest BCUT2D eigenvalue weighted by Gasteiger charge is -2.41. The predicted octanol–water partition coefficient (Wildman–Crippen LogP) is 4.75. The largest absolute Gasteiger partial charge is 0.391 e. The smallest absolute Gasteiger partial charge is 0.155 e. The molecule has 1 aromatic carbocycles. The molecule has 6 rings (SSSR count). The van der Waals surface area contributed by atoms with Gasteiger partial charge in [0.2, 0.25) is 0 Å². The van der Waals surface area contributed by atoms with E-state index in [9.17, 15) is 5.11 Å². The van der Waals surface area contributed by atoms with Gasteiger partial charge in [0.25, 0.3) is 0 Å². The summed E-state index contributed by atoms with van der Waals surface area (Å²) in [5, 5.41) is 15.5. The number of nitrogens with zero attached hydrogens (tertiary/aromatic N) is 6. The molecule has 37 heavy (non-hydrogen) atoms. The van der Waals surface area contributed by atoms with E-state index in [4.69, 9.17) is 9.97 Å². The van der Waals surface area contributed by atoms with Gasteiger partial charge in [-0.2, -0.15) is 5.10 Å². The summed E-state index contributed by atoms with van der Waals surface area (Å²) in [6.45, 7) is 9.09. The molecule has 1 aliphatic carbocycles. The molecule has 0 unspecified atom stereocenters. The van der Waals surface area contributed by atoms with E-state index in [1.807, 2.05) is 49.5 Å². The molecule has 2 atom stereocenters. The van der Waals surface area contributed by atoms with Crippen LogP contribution in [0.1, 0.15) is 49.5 Å². The summed E-state index contributed by atoms with van der Waals surface area (Å²) in [5.74, 6) is 0.818. The van der Waals surface area contributed by atoms with Gasteiger partial charge in [0.15, 0.2) is 5.65 Å². The summed E-state index contributed by atoms with van der Waals surface area (Å²) in [4.78, 5) is 20.1. The minimum Gasteiger partial charge on any atom is -0.391 e. The van der Waals surface area contributed by atoms with Crippen molar-refractivity contribution in [3.63, 3.8) is 0 Å². The number of hydrogen-bond donors (Lipinski definition) is 2. The molecule has 5 aromatic rings. The zero-order valence-electron chi connectivity index (χ0n) is 21.6. The summed E-state index contributed by atoms with van der Waals surface area (Å²) < 4.78 is 1.75. The number of imidazole rings is 1. The number of benzene rings is 1. The second kappa shape index (κ2) is 8.90. The summed E-state index contributed by atoms with van der Waals surface area (Å²) in [6.07, 6.45) is 3.68.